The van der Waals surface area contributed by atoms with Crippen LogP contribution in [0.4, 0.5) is 0 Å². The number of aliphatic carboxylic acids is 1. The number of hydrogen-bond donors (Lipinski definition) is 1. The second-order valence-corrected chi connectivity index (χ2v) is 6.71. The van der Waals surface area contributed by atoms with Crippen molar-refractivity contribution in [2.45, 2.75) is 37.1 Å². The van der Waals surface area contributed by atoms with Gasteiger partial charge in [-0.2, -0.15) is 0 Å². The van der Waals surface area contributed by atoms with Crippen LogP contribution in [0, 0.1) is 0 Å². The SMILES string of the molecule is CCSc1ccc(Cl)cc1C(=O)N1CCCC1CC(=O)O. The maximum absolute atomic E-state index is 12.7. The van der Waals surface area contributed by atoms with Gasteiger partial charge in [0.25, 0.3) is 5.91 Å². The second-order valence-electron chi connectivity index (χ2n) is 4.97. The second kappa shape index (κ2) is 7.18. The number of nitrogens with zero attached hydrogens (tertiary/aromatic N) is 1. The smallest absolute Gasteiger partial charge is 0.305 e. The lowest BCUT2D eigenvalue weighted by atomic mass is 10.1. The minimum atomic E-state index is -0.867. The highest BCUT2D eigenvalue weighted by molar-refractivity contribution is 7.99. The van der Waals surface area contributed by atoms with Crippen molar-refractivity contribution in [1.82, 2.24) is 4.90 Å². The summed E-state index contributed by atoms with van der Waals surface area (Å²) in [6.45, 7) is 2.64. The largest absolute Gasteiger partial charge is 0.481 e. The zero-order valence-electron chi connectivity index (χ0n) is 11.8. The maximum Gasteiger partial charge on any atom is 0.305 e. The fourth-order valence-corrected chi connectivity index (χ4v) is 3.57. The highest BCUT2D eigenvalue weighted by atomic mass is 35.5. The summed E-state index contributed by atoms with van der Waals surface area (Å²) >= 11 is 7.60. The first-order valence-electron chi connectivity index (χ1n) is 6.98. The van der Waals surface area contributed by atoms with Crippen LogP contribution in [0.1, 0.15) is 36.5 Å². The van der Waals surface area contributed by atoms with E-state index >= 15 is 0 Å². The van der Waals surface area contributed by atoms with Crippen molar-refractivity contribution < 1.29 is 14.7 Å². The molecule has 1 atom stereocenters. The maximum atomic E-state index is 12.7. The molecule has 1 heterocycles. The van der Waals surface area contributed by atoms with Crippen molar-refractivity contribution in [2.24, 2.45) is 0 Å². The number of rotatable bonds is 5. The summed E-state index contributed by atoms with van der Waals surface area (Å²) in [6, 6.07) is 5.09. The Kier molecular flexibility index (Phi) is 5.53. The Hall–Kier alpha value is -1.20. The van der Waals surface area contributed by atoms with E-state index in [-0.39, 0.29) is 18.4 Å². The molecule has 0 saturated carbocycles. The molecule has 6 heteroatoms. The minimum Gasteiger partial charge on any atom is -0.481 e. The summed E-state index contributed by atoms with van der Waals surface area (Å²) in [4.78, 5) is 26.2. The standard InChI is InChI=1S/C15H18ClNO3S/c1-2-21-13-6-5-10(16)8-12(13)15(20)17-7-3-4-11(17)9-14(18)19/h5-6,8,11H,2-4,7,9H2,1H3,(H,18,19). The number of benzene rings is 1. The van der Waals surface area contributed by atoms with Crippen molar-refractivity contribution in [2.75, 3.05) is 12.3 Å². The normalized spacial score (nSPS) is 18.0. The Labute approximate surface area is 133 Å². The number of amides is 1. The molecule has 1 fully saturated rings. The van der Waals surface area contributed by atoms with Gasteiger partial charge in [0, 0.05) is 22.5 Å². The summed E-state index contributed by atoms with van der Waals surface area (Å²) in [7, 11) is 0. The molecule has 2 rings (SSSR count). The van der Waals surface area contributed by atoms with Crippen molar-refractivity contribution in [1.29, 1.82) is 0 Å². The monoisotopic (exact) mass is 327 g/mol. The fourth-order valence-electron chi connectivity index (χ4n) is 2.62. The topological polar surface area (TPSA) is 57.6 Å². The van der Waals surface area contributed by atoms with Crippen LogP contribution in [0.5, 0.6) is 0 Å². The molecule has 1 aliphatic heterocycles. The highest BCUT2D eigenvalue weighted by Crippen LogP contribution is 2.29. The van der Waals surface area contributed by atoms with E-state index < -0.39 is 5.97 Å². The van der Waals surface area contributed by atoms with E-state index in [4.69, 9.17) is 16.7 Å². The molecule has 114 valence electrons. The van der Waals surface area contributed by atoms with Gasteiger partial charge >= 0.3 is 5.97 Å². The minimum absolute atomic E-state index is 0.00254. The van der Waals surface area contributed by atoms with Gasteiger partial charge in [-0.05, 0) is 36.8 Å². The van der Waals surface area contributed by atoms with Crippen LogP contribution in [0.15, 0.2) is 23.1 Å². The number of likely N-dealkylation sites (tertiary alicyclic amines) is 1. The molecule has 0 aromatic heterocycles. The number of carbonyl (C=O) groups is 2. The fraction of sp³-hybridized carbons (Fsp3) is 0.467. The number of carboxylic acid groups (broad SMARTS) is 1. The van der Waals surface area contributed by atoms with Crippen molar-refractivity contribution in [3.05, 3.63) is 28.8 Å². The third kappa shape index (κ3) is 3.92. The van der Waals surface area contributed by atoms with Gasteiger partial charge in [-0.15, -0.1) is 11.8 Å². The third-order valence-corrected chi connectivity index (χ3v) is 4.71. The molecule has 1 aliphatic rings. The van der Waals surface area contributed by atoms with Gasteiger partial charge in [-0.3, -0.25) is 9.59 Å². The average molecular weight is 328 g/mol. The lowest BCUT2D eigenvalue weighted by molar-refractivity contribution is -0.137. The third-order valence-electron chi connectivity index (χ3n) is 3.52. The summed E-state index contributed by atoms with van der Waals surface area (Å²) in [6.07, 6.45) is 1.60. The molecule has 4 nitrogen and oxygen atoms in total. The van der Waals surface area contributed by atoms with Crippen LogP contribution in [0.25, 0.3) is 0 Å². The van der Waals surface area contributed by atoms with Gasteiger partial charge in [0.2, 0.25) is 0 Å². The van der Waals surface area contributed by atoms with Gasteiger partial charge in [0.1, 0.15) is 0 Å². The Balaban J connectivity index is 2.26. The summed E-state index contributed by atoms with van der Waals surface area (Å²) in [5, 5.41) is 9.48. The molecule has 0 bridgehead atoms. The van der Waals surface area contributed by atoms with Gasteiger partial charge in [-0.1, -0.05) is 18.5 Å². The number of carboxylic acids is 1. The van der Waals surface area contributed by atoms with Crippen molar-refractivity contribution in [3.8, 4) is 0 Å². The lowest BCUT2D eigenvalue weighted by Crippen LogP contribution is -2.37. The van der Waals surface area contributed by atoms with E-state index in [1.54, 1.807) is 28.8 Å². The molecule has 1 saturated heterocycles. The first kappa shape index (κ1) is 16.2. The molecule has 0 spiro atoms. The Bertz CT molecular complexity index is 550. The van der Waals surface area contributed by atoms with Crippen LogP contribution in [-0.2, 0) is 4.79 Å². The molecule has 21 heavy (non-hydrogen) atoms. The summed E-state index contributed by atoms with van der Waals surface area (Å²) < 4.78 is 0. The predicted octanol–water partition coefficient (Wildman–Crippen LogP) is 3.53. The molecule has 1 aromatic carbocycles. The molecule has 1 aromatic rings. The first-order valence-corrected chi connectivity index (χ1v) is 8.34. The van der Waals surface area contributed by atoms with Crippen LogP contribution in [-0.4, -0.2) is 40.2 Å². The van der Waals surface area contributed by atoms with E-state index in [1.807, 2.05) is 13.0 Å². The molecule has 1 amide bonds. The Morgan fingerprint density at radius 2 is 2.24 bits per heavy atom. The number of thioether (sulfide) groups is 1. The molecular weight excluding hydrogens is 310 g/mol. The first-order chi connectivity index (χ1) is 10.0. The van der Waals surface area contributed by atoms with E-state index in [9.17, 15) is 9.59 Å². The van der Waals surface area contributed by atoms with Gasteiger partial charge in [0.05, 0.1) is 12.0 Å². The van der Waals surface area contributed by atoms with Crippen LogP contribution in [0.2, 0.25) is 5.02 Å². The zero-order chi connectivity index (χ0) is 15.4. The quantitative estimate of drug-likeness (QED) is 0.840. The summed E-state index contributed by atoms with van der Waals surface area (Å²) in [5.74, 6) is -0.119. The summed E-state index contributed by atoms with van der Waals surface area (Å²) in [5.41, 5.74) is 0.576. The van der Waals surface area contributed by atoms with Gasteiger partial charge in [-0.25, -0.2) is 0 Å². The van der Waals surface area contributed by atoms with E-state index in [1.165, 1.54) is 0 Å². The molecule has 1 N–H and O–H groups in total. The average Bonchev–Trinajstić information content (AvgIpc) is 2.87. The number of carbonyl (C=O) groups excluding carboxylic acids is 1. The predicted molar refractivity (Wildman–Crippen MR) is 84.2 cm³/mol. The lowest BCUT2D eigenvalue weighted by Gasteiger charge is -2.24. The molecule has 1 unspecified atom stereocenters. The van der Waals surface area contributed by atoms with E-state index in [0.717, 1.165) is 23.5 Å². The Morgan fingerprint density at radius 3 is 2.90 bits per heavy atom. The van der Waals surface area contributed by atoms with Crippen LogP contribution >= 0.6 is 23.4 Å². The van der Waals surface area contributed by atoms with E-state index in [0.29, 0.717) is 17.1 Å². The number of halogens is 1. The van der Waals surface area contributed by atoms with Crippen molar-refractivity contribution >= 4 is 35.2 Å². The van der Waals surface area contributed by atoms with E-state index in [2.05, 4.69) is 0 Å². The van der Waals surface area contributed by atoms with Crippen LogP contribution < -0.4 is 0 Å². The van der Waals surface area contributed by atoms with Crippen LogP contribution in [0.3, 0.4) is 0 Å². The molecule has 0 radical (unpaired) electrons. The Morgan fingerprint density at radius 1 is 1.48 bits per heavy atom. The van der Waals surface area contributed by atoms with Gasteiger partial charge < -0.3 is 10.0 Å². The molecular formula is C15H18ClNO3S. The molecule has 0 aliphatic carbocycles. The number of hydrogen-bond acceptors (Lipinski definition) is 3. The highest BCUT2D eigenvalue weighted by Gasteiger charge is 2.31. The zero-order valence-corrected chi connectivity index (χ0v) is 13.4. The van der Waals surface area contributed by atoms with Gasteiger partial charge in [0.15, 0.2) is 0 Å². The van der Waals surface area contributed by atoms with Crippen molar-refractivity contribution in [3.63, 3.8) is 0 Å².